The molecule has 23 heavy (non-hydrogen) atoms. The first-order valence-electron chi connectivity index (χ1n) is 7.43. The normalized spacial score (nSPS) is 11.3. The highest BCUT2D eigenvalue weighted by atomic mass is 16.5. The molecule has 120 valence electrons. The van der Waals surface area contributed by atoms with Crippen molar-refractivity contribution in [2.24, 2.45) is 0 Å². The lowest BCUT2D eigenvalue weighted by Gasteiger charge is -2.10. The van der Waals surface area contributed by atoms with Crippen LogP contribution in [-0.4, -0.2) is 17.2 Å². The summed E-state index contributed by atoms with van der Waals surface area (Å²) in [6, 6.07) is 17.1. The molecule has 0 aromatic heterocycles. The van der Waals surface area contributed by atoms with E-state index in [-0.39, 0.29) is 11.9 Å². The van der Waals surface area contributed by atoms with Crippen molar-refractivity contribution in [3.05, 3.63) is 71.5 Å². The summed E-state index contributed by atoms with van der Waals surface area (Å²) in [6.45, 7) is 4.07. The molecule has 4 nitrogen and oxygen atoms in total. The Balaban J connectivity index is 2.02. The predicted octanol–water partition coefficient (Wildman–Crippen LogP) is 4.12. The molecule has 0 unspecified atom stereocenters. The molecule has 0 aliphatic carbocycles. The lowest BCUT2D eigenvalue weighted by molar-refractivity contribution is -0.137. The Morgan fingerprint density at radius 2 is 1.74 bits per heavy atom. The van der Waals surface area contributed by atoms with Crippen LogP contribution < -0.4 is 4.74 Å². The minimum absolute atomic E-state index is 0.0713. The average Bonchev–Trinajstić information content (AvgIpc) is 2.54. The number of carboxylic acid groups (broad SMARTS) is 1. The number of hydrogen-bond acceptors (Lipinski definition) is 3. The summed E-state index contributed by atoms with van der Waals surface area (Å²) in [5.41, 5.74) is 1.84. The summed E-state index contributed by atoms with van der Waals surface area (Å²) < 4.78 is 11.0. The van der Waals surface area contributed by atoms with Crippen molar-refractivity contribution >= 4 is 12.0 Å². The van der Waals surface area contributed by atoms with Crippen molar-refractivity contribution in [3.63, 3.8) is 0 Å². The average molecular weight is 312 g/mol. The molecule has 0 saturated carbocycles. The van der Waals surface area contributed by atoms with Gasteiger partial charge in [-0.3, -0.25) is 0 Å². The van der Waals surface area contributed by atoms with Crippen LogP contribution in [0.5, 0.6) is 5.75 Å². The number of benzene rings is 2. The third-order valence-electron chi connectivity index (χ3n) is 3.00. The fourth-order valence-electron chi connectivity index (χ4n) is 1.95. The van der Waals surface area contributed by atoms with E-state index in [9.17, 15) is 4.79 Å². The Kier molecular flexibility index (Phi) is 5.80. The largest absolute Gasteiger partial charge is 0.489 e. The summed E-state index contributed by atoms with van der Waals surface area (Å²) in [5.74, 6) is -0.422. The lowest BCUT2D eigenvalue weighted by Crippen LogP contribution is -2.10. The molecule has 1 N–H and O–H groups in total. The van der Waals surface area contributed by atoms with Gasteiger partial charge in [-0.25, -0.2) is 4.79 Å². The maximum atomic E-state index is 11.1. The molecule has 2 aromatic carbocycles. The van der Waals surface area contributed by atoms with Crippen molar-refractivity contribution in [2.75, 3.05) is 0 Å². The van der Waals surface area contributed by atoms with Crippen molar-refractivity contribution in [1.29, 1.82) is 0 Å². The number of ether oxygens (including phenoxy) is 2. The molecule has 0 atom stereocenters. The van der Waals surface area contributed by atoms with E-state index in [0.717, 1.165) is 16.9 Å². The van der Waals surface area contributed by atoms with Crippen molar-refractivity contribution in [1.82, 2.24) is 0 Å². The molecule has 0 aliphatic heterocycles. The van der Waals surface area contributed by atoms with Crippen LogP contribution in [0.4, 0.5) is 0 Å². The highest BCUT2D eigenvalue weighted by Crippen LogP contribution is 2.17. The fourth-order valence-corrected chi connectivity index (χ4v) is 1.95. The van der Waals surface area contributed by atoms with Gasteiger partial charge in [0.2, 0.25) is 5.76 Å². The topological polar surface area (TPSA) is 55.8 Å². The van der Waals surface area contributed by atoms with E-state index in [4.69, 9.17) is 14.6 Å². The smallest absolute Gasteiger partial charge is 0.371 e. The Labute approximate surface area is 136 Å². The van der Waals surface area contributed by atoms with Gasteiger partial charge in [0, 0.05) is 0 Å². The molecule has 0 radical (unpaired) electrons. The monoisotopic (exact) mass is 312 g/mol. The highest BCUT2D eigenvalue weighted by molar-refractivity contribution is 5.89. The van der Waals surface area contributed by atoms with Crippen molar-refractivity contribution < 1.29 is 19.4 Å². The molecule has 0 saturated heterocycles. The third kappa shape index (κ3) is 5.51. The van der Waals surface area contributed by atoms with Gasteiger partial charge in [0.1, 0.15) is 12.4 Å². The van der Waals surface area contributed by atoms with Crippen LogP contribution in [0.3, 0.4) is 0 Å². The maximum Gasteiger partial charge on any atom is 0.371 e. The van der Waals surface area contributed by atoms with Gasteiger partial charge in [0.15, 0.2) is 0 Å². The predicted molar refractivity (Wildman–Crippen MR) is 89.0 cm³/mol. The Morgan fingerprint density at radius 3 is 2.30 bits per heavy atom. The zero-order valence-electron chi connectivity index (χ0n) is 13.2. The van der Waals surface area contributed by atoms with Gasteiger partial charge in [-0.1, -0.05) is 42.5 Å². The summed E-state index contributed by atoms with van der Waals surface area (Å²) in [6.07, 6.45) is 1.31. The Bertz CT molecular complexity index is 658. The summed E-state index contributed by atoms with van der Waals surface area (Å²) in [5, 5.41) is 9.13. The van der Waals surface area contributed by atoms with Crippen LogP contribution in [-0.2, 0) is 16.1 Å². The molecule has 0 heterocycles. The Morgan fingerprint density at radius 1 is 1.09 bits per heavy atom. The summed E-state index contributed by atoms with van der Waals surface area (Å²) in [4.78, 5) is 11.1. The van der Waals surface area contributed by atoms with E-state index in [1.54, 1.807) is 26.0 Å². The van der Waals surface area contributed by atoms with E-state index in [0.29, 0.717) is 6.61 Å². The van der Waals surface area contributed by atoms with Crippen LogP contribution in [0, 0.1) is 0 Å². The summed E-state index contributed by atoms with van der Waals surface area (Å²) >= 11 is 0. The SMILES string of the molecule is CC(C)O/C(=C\c1ccc(OCc2ccccc2)cc1)C(=O)O. The molecule has 2 aromatic rings. The van der Waals surface area contributed by atoms with Gasteiger partial charge < -0.3 is 14.6 Å². The van der Waals surface area contributed by atoms with Crippen LogP contribution in [0.1, 0.15) is 25.0 Å². The van der Waals surface area contributed by atoms with E-state index in [1.165, 1.54) is 6.08 Å². The van der Waals surface area contributed by atoms with Crippen LogP contribution in [0.15, 0.2) is 60.4 Å². The van der Waals surface area contributed by atoms with Crippen LogP contribution >= 0.6 is 0 Å². The van der Waals surface area contributed by atoms with Gasteiger partial charge >= 0.3 is 5.97 Å². The number of carboxylic acids is 1. The first-order chi connectivity index (χ1) is 11.0. The molecule has 2 rings (SSSR count). The van der Waals surface area contributed by atoms with Crippen molar-refractivity contribution in [2.45, 2.75) is 26.6 Å². The standard InChI is InChI=1S/C19H20O4/c1-14(2)23-18(19(20)21)12-15-8-10-17(11-9-15)22-13-16-6-4-3-5-7-16/h3-12,14H,13H2,1-2H3,(H,20,21)/b18-12-. The van der Waals surface area contributed by atoms with Gasteiger partial charge in [0.25, 0.3) is 0 Å². The second-order valence-corrected chi connectivity index (χ2v) is 5.32. The molecule has 0 fully saturated rings. The highest BCUT2D eigenvalue weighted by Gasteiger charge is 2.10. The van der Waals surface area contributed by atoms with Gasteiger partial charge in [-0.2, -0.15) is 0 Å². The molecule has 0 aliphatic rings. The maximum absolute atomic E-state index is 11.1. The van der Waals surface area contributed by atoms with Crippen molar-refractivity contribution in [3.8, 4) is 5.75 Å². The third-order valence-corrected chi connectivity index (χ3v) is 3.00. The number of rotatable bonds is 7. The second-order valence-electron chi connectivity index (χ2n) is 5.32. The molecule has 4 heteroatoms. The zero-order chi connectivity index (χ0) is 16.7. The quantitative estimate of drug-likeness (QED) is 0.617. The van der Waals surface area contributed by atoms with E-state index < -0.39 is 5.97 Å². The zero-order valence-corrected chi connectivity index (χ0v) is 13.2. The lowest BCUT2D eigenvalue weighted by atomic mass is 10.2. The molecule has 0 spiro atoms. The first-order valence-corrected chi connectivity index (χ1v) is 7.43. The Hall–Kier alpha value is -2.75. The minimum atomic E-state index is -1.08. The van der Waals surface area contributed by atoms with Gasteiger partial charge in [-0.15, -0.1) is 0 Å². The van der Waals surface area contributed by atoms with Crippen LogP contribution in [0.25, 0.3) is 6.08 Å². The molecule has 0 bridgehead atoms. The number of aliphatic carboxylic acids is 1. The minimum Gasteiger partial charge on any atom is -0.489 e. The first kappa shape index (κ1) is 16.6. The fraction of sp³-hybridized carbons (Fsp3) is 0.211. The van der Waals surface area contributed by atoms with E-state index in [1.807, 2.05) is 42.5 Å². The van der Waals surface area contributed by atoms with Gasteiger partial charge in [-0.05, 0) is 43.2 Å². The second kappa shape index (κ2) is 8.03. The summed E-state index contributed by atoms with van der Waals surface area (Å²) in [7, 11) is 0. The number of hydrogen-bond donors (Lipinski definition) is 1. The van der Waals surface area contributed by atoms with Crippen LogP contribution in [0.2, 0.25) is 0 Å². The molecular formula is C19H20O4. The van der Waals surface area contributed by atoms with E-state index in [2.05, 4.69) is 0 Å². The molecule has 0 amide bonds. The van der Waals surface area contributed by atoms with E-state index >= 15 is 0 Å². The van der Waals surface area contributed by atoms with Gasteiger partial charge in [0.05, 0.1) is 6.10 Å². The number of carbonyl (C=O) groups is 1. The molecular weight excluding hydrogens is 292 g/mol.